The molecule has 2 amide bonds. The van der Waals surface area contributed by atoms with E-state index in [0.29, 0.717) is 24.4 Å². The lowest BCUT2D eigenvalue weighted by Crippen LogP contribution is -2.48. The van der Waals surface area contributed by atoms with Crippen LogP contribution in [-0.2, 0) is 14.9 Å². The molecule has 0 bridgehead atoms. The maximum absolute atomic E-state index is 13.6. The Bertz CT molecular complexity index is 875. The zero-order chi connectivity index (χ0) is 21.6. The third-order valence-corrected chi connectivity index (χ3v) is 6.02. The van der Waals surface area contributed by atoms with E-state index in [1.54, 1.807) is 19.2 Å². The summed E-state index contributed by atoms with van der Waals surface area (Å²) in [6.45, 7) is 4.49. The van der Waals surface area contributed by atoms with Crippen LogP contribution in [0, 0.1) is 6.92 Å². The lowest BCUT2D eigenvalue weighted by molar-refractivity contribution is -0.123. The number of benzene rings is 2. The van der Waals surface area contributed by atoms with Gasteiger partial charge in [-0.3, -0.25) is 9.59 Å². The molecular weight excluding hydrogens is 378 g/mol. The number of methoxy groups -OCH3 is 1. The van der Waals surface area contributed by atoms with Crippen LogP contribution < -0.4 is 10.6 Å². The summed E-state index contributed by atoms with van der Waals surface area (Å²) in [5.74, 6) is -0.181. The fraction of sp³-hybridized carbons (Fsp3) is 0.417. The summed E-state index contributed by atoms with van der Waals surface area (Å²) in [7, 11) is 3.68. The van der Waals surface area contributed by atoms with Crippen molar-refractivity contribution in [3.63, 3.8) is 0 Å². The zero-order valence-electron chi connectivity index (χ0n) is 18.0. The number of amides is 2. The van der Waals surface area contributed by atoms with Crippen LogP contribution in [0.1, 0.15) is 34.3 Å². The van der Waals surface area contributed by atoms with Crippen LogP contribution in [0.15, 0.2) is 48.5 Å². The summed E-state index contributed by atoms with van der Waals surface area (Å²) in [5.41, 5.74) is 2.46. The van der Waals surface area contributed by atoms with E-state index >= 15 is 0 Å². The lowest BCUT2D eigenvalue weighted by Gasteiger charge is -2.40. The van der Waals surface area contributed by atoms with Crippen LogP contribution in [0.3, 0.4) is 0 Å². The molecule has 2 aromatic rings. The molecule has 1 heterocycles. The Hall–Kier alpha value is -2.70. The number of nitrogens with one attached hydrogen (secondary N) is 2. The first-order chi connectivity index (χ1) is 14.5. The highest BCUT2D eigenvalue weighted by Gasteiger charge is 2.42. The van der Waals surface area contributed by atoms with Gasteiger partial charge in [0.1, 0.15) is 0 Å². The fourth-order valence-electron chi connectivity index (χ4n) is 4.03. The second-order valence-electron chi connectivity index (χ2n) is 7.93. The number of hydrogen-bond donors (Lipinski definition) is 2. The maximum Gasteiger partial charge on any atom is 0.251 e. The summed E-state index contributed by atoms with van der Waals surface area (Å²) >= 11 is 0. The third kappa shape index (κ3) is 4.71. The van der Waals surface area contributed by atoms with Crippen molar-refractivity contribution >= 4 is 17.5 Å². The summed E-state index contributed by atoms with van der Waals surface area (Å²) in [6, 6.07) is 15.5. The summed E-state index contributed by atoms with van der Waals surface area (Å²) in [5, 5.41) is 5.98. The zero-order valence-corrected chi connectivity index (χ0v) is 18.0. The van der Waals surface area contributed by atoms with E-state index in [2.05, 4.69) is 22.6 Å². The minimum absolute atomic E-state index is 0.0122. The average molecular weight is 410 g/mol. The molecule has 1 fully saturated rings. The number of carbonyl (C=O) groups excluding carboxylic acids is 2. The molecule has 3 rings (SSSR count). The van der Waals surface area contributed by atoms with Crippen molar-refractivity contribution in [1.82, 2.24) is 10.2 Å². The molecule has 0 aliphatic carbocycles. The molecule has 0 saturated carbocycles. The number of piperidine rings is 1. The van der Waals surface area contributed by atoms with E-state index in [-0.39, 0.29) is 11.8 Å². The quantitative estimate of drug-likeness (QED) is 0.690. The Kier molecular flexibility index (Phi) is 7.24. The molecule has 1 aliphatic rings. The first-order valence-corrected chi connectivity index (χ1v) is 10.4. The van der Waals surface area contributed by atoms with E-state index in [1.807, 2.05) is 43.3 Å². The predicted octanol–water partition coefficient (Wildman–Crippen LogP) is 2.97. The van der Waals surface area contributed by atoms with E-state index in [4.69, 9.17) is 4.74 Å². The van der Waals surface area contributed by atoms with E-state index in [1.165, 1.54) is 0 Å². The van der Waals surface area contributed by atoms with Gasteiger partial charge in [0.05, 0.1) is 12.0 Å². The molecule has 0 atom stereocenters. The van der Waals surface area contributed by atoms with Crippen molar-refractivity contribution < 1.29 is 14.3 Å². The molecule has 0 unspecified atom stereocenters. The van der Waals surface area contributed by atoms with Crippen LogP contribution in [0.4, 0.5) is 5.69 Å². The minimum atomic E-state index is -0.572. The Balaban J connectivity index is 1.84. The van der Waals surface area contributed by atoms with Crippen LogP contribution in [-0.4, -0.2) is 57.1 Å². The first kappa shape index (κ1) is 22.0. The predicted molar refractivity (Wildman–Crippen MR) is 119 cm³/mol. The van der Waals surface area contributed by atoms with Gasteiger partial charge >= 0.3 is 0 Å². The molecule has 0 spiro atoms. The third-order valence-electron chi connectivity index (χ3n) is 6.02. The SMILES string of the molecule is COCCNC(=O)c1cccc(NC(=O)C2(c3ccccc3)CCN(C)CC2)c1C. The summed E-state index contributed by atoms with van der Waals surface area (Å²) in [4.78, 5) is 28.4. The molecule has 0 radical (unpaired) electrons. The van der Waals surface area contributed by atoms with Gasteiger partial charge in [-0.2, -0.15) is 0 Å². The molecule has 2 aromatic carbocycles. The van der Waals surface area contributed by atoms with E-state index in [0.717, 1.165) is 37.1 Å². The van der Waals surface area contributed by atoms with Gasteiger partial charge < -0.3 is 20.3 Å². The van der Waals surface area contributed by atoms with Crippen molar-refractivity contribution in [2.75, 3.05) is 45.7 Å². The van der Waals surface area contributed by atoms with Gasteiger partial charge in [-0.05, 0) is 63.2 Å². The van der Waals surface area contributed by atoms with Gasteiger partial charge in [-0.1, -0.05) is 36.4 Å². The van der Waals surface area contributed by atoms with Crippen LogP contribution in [0.25, 0.3) is 0 Å². The smallest absolute Gasteiger partial charge is 0.251 e. The first-order valence-electron chi connectivity index (χ1n) is 10.4. The van der Waals surface area contributed by atoms with Crippen LogP contribution >= 0.6 is 0 Å². The number of ether oxygens (including phenoxy) is 1. The van der Waals surface area contributed by atoms with Crippen molar-refractivity contribution in [3.8, 4) is 0 Å². The molecule has 6 nitrogen and oxygen atoms in total. The molecule has 6 heteroatoms. The highest BCUT2D eigenvalue weighted by Crippen LogP contribution is 2.37. The Morgan fingerprint density at radius 3 is 2.43 bits per heavy atom. The maximum atomic E-state index is 13.6. The standard InChI is InChI=1S/C24H31N3O3/c1-18-20(22(28)25-14-17-30-3)10-7-11-21(18)26-23(29)24(12-15-27(2)16-13-24)19-8-5-4-6-9-19/h4-11H,12-17H2,1-3H3,(H,25,28)(H,26,29). The number of anilines is 1. The monoisotopic (exact) mass is 409 g/mol. The van der Waals surface area contributed by atoms with E-state index < -0.39 is 5.41 Å². The Labute approximate surface area is 178 Å². The largest absolute Gasteiger partial charge is 0.383 e. The number of carbonyl (C=O) groups is 2. The van der Waals surface area contributed by atoms with Gasteiger partial charge in [-0.15, -0.1) is 0 Å². The van der Waals surface area contributed by atoms with Gasteiger partial charge in [-0.25, -0.2) is 0 Å². The van der Waals surface area contributed by atoms with Crippen LogP contribution in [0.2, 0.25) is 0 Å². The van der Waals surface area contributed by atoms with Crippen molar-refractivity contribution in [1.29, 1.82) is 0 Å². The molecule has 160 valence electrons. The Morgan fingerprint density at radius 1 is 1.07 bits per heavy atom. The topological polar surface area (TPSA) is 70.7 Å². The Morgan fingerprint density at radius 2 is 1.77 bits per heavy atom. The molecule has 1 saturated heterocycles. The van der Waals surface area contributed by atoms with Crippen molar-refractivity contribution in [2.24, 2.45) is 0 Å². The van der Waals surface area contributed by atoms with Gasteiger partial charge in [0.15, 0.2) is 0 Å². The van der Waals surface area contributed by atoms with Gasteiger partial charge in [0.25, 0.3) is 5.91 Å². The normalized spacial score (nSPS) is 16.1. The fourth-order valence-corrected chi connectivity index (χ4v) is 4.03. The number of rotatable bonds is 7. The summed E-state index contributed by atoms with van der Waals surface area (Å²) < 4.78 is 4.99. The second kappa shape index (κ2) is 9.87. The molecule has 30 heavy (non-hydrogen) atoms. The number of hydrogen-bond acceptors (Lipinski definition) is 4. The highest BCUT2D eigenvalue weighted by atomic mass is 16.5. The number of nitrogens with zero attached hydrogens (tertiary/aromatic N) is 1. The second-order valence-corrected chi connectivity index (χ2v) is 7.93. The lowest BCUT2D eigenvalue weighted by atomic mass is 9.72. The van der Waals surface area contributed by atoms with E-state index in [9.17, 15) is 9.59 Å². The summed E-state index contributed by atoms with van der Waals surface area (Å²) in [6.07, 6.45) is 1.52. The molecule has 1 aliphatic heterocycles. The van der Waals surface area contributed by atoms with Gasteiger partial charge in [0.2, 0.25) is 5.91 Å². The highest BCUT2D eigenvalue weighted by molar-refractivity contribution is 6.02. The van der Waals surface area contributed by atoms with Crippen LogP contribution in [0.5, 0.6) is 0 Å². The average Bonchev–Trinajstić information content (AvgIpc) is 2.76. The van der Waals surface area contributed by atoms with Gasteiger partial charge in [0, 0.05) is 24.9 Å². The van der Waals surface area contributed by atoms with Crippen molar-refractivity contribution in [3.05, 3.63) is 65.2 Å². The molecular formula is C24H31N3O3. The molecule has 0 aromatic heterocycles. The molecule has 2 N–H and O–H groups in total. The number of likely N-dealkylation sites (tertiary alicyclic amines) is 1. The minimum Gasteiger partial charge on any atom is -0.383 e. The van der Waals surface area contributed by atoms with Crippen molar-refractivity contribution in [2.45, 2.75) is 25.2 Å².